The smallest absolute Gasteiger partial charge is 0.252 e. The van der Waals surface area contributed by atoms with Crippen LogP contribution in [0, 0.1) is 5.82 Å². The molecule has 0 radical (unpaired) electrons. The first-order valence-corrected chi connectivity index (χ1v) is 7.02. The van der Waals surface area contributed by atoms with Crippen molar-refractivity contribution >= 4 is 5.91 Å². The number of hydrogen-bond donors (Lipinski definition) is 1. The maximum Gasteiger partial charge on any atom is 0.252 e. The van der Waals surface area contributed by atoms with Gasteiger partial charge in [0, 0.05) is 11.0 Å². The zero-order valence-electron chi connectivity index (χ0n) is 13.4. The van der Waals surface area contributed by atoms with Crippen molar-refractivity contribution in [3.63, 3.8) is 0 Å². The first-order chi connectivity index (χ1) is 10.1. The van der Waals surface area contributed by atoms with E-state index in [0.29, 0.717) is 17.3 Å². The minimum Gasteiger partial charge on any atom is -0.340 e. The quantitative estimate of drug-likeness (QED) is 0.945. The van der Waals surface area contributed by atoms with Gasteiger partial charge in [-0.25, -0.2) is 4.39 Å². The summed E-state index contributed by atoms with van der Waals surface area (Å²) in [7, 11) is 0. The van der Waals surface area contributed by atoms with Crippen molar-refractivity contribution in [1.82, 2.24) is 15.5 Å². The summed E-state index contributed by atoms with van der Waals surface area (Å²) < 4.78 is 18.2. The zero-order valence-corrected chi connectivity index (χ0v) is 13.4. The molecule has 0 atom stereocenters. The first-order valence-electron chi connectivity index (χ1n) is 7.02. The summed E-state index contributed by atoms with van der Waals surface area (Å²) in [6, 6.07) is 5.34. The Labute approximate surface area is 128 Å². The molecule has 1 heterocycles. The molecule has 6 heteroatoms. The first kappa shape index (κ1) is 16.1. The van der Waals surface area contributed by atoms with Crippen LogP contribution in [0.4, 0.5) is 4.39 Å². The lowest BCUT2D eigenvalue weighted by molar-refractivity contribution is 0.0907. The average molecular weight is 305 g/mol. The minimum atomic E-state index is -0.807. The summed E-state index contributed by atoms with van der Waals surface area (Å²) in [5, 5.41) is 6.78. The van der Waals surface area contributed by atoms with Gasteiger partial charge in [-0.3, -0.25) is 4.79 Å². The fourth-order valence-corrected chi connectivity index (χ4v) is 1.80. The second kappa shape index (κ2) is 5.51. The lowest BCUT2D eigenvalue weighted by Crippen LogP contribution is -2.42. The highest BCUT2D eigenvalue weighted by molar-refractivity contribution is 5.94. The topological polar surface area (TPSA) is 68.0 Å². The molecule has 1 aromatic carbocycles. The van der Waals surface area contributed by atoms with E-state index in [1.807, 2.05) is 20.8 Å². The highest BCUT2D eigenvalue weighted by Gasteiger charge is 2.31. The summed E-state index contributed by atoms with van der Waals surface area (Å²) in [4.78, 5) is 16.6. The number of halogens is 1. The van der Waals surface area contributed by atoms with E-state index in [0.717, 1.165) is 0 Å². The summed E-state index contributed by atoms with van der Waals surface area (Å²) in [5.41, 5.74) is -0.699. The standard InChI is InChI=1S/C16H20FN3O2/c1-15(2,3)14-18-13(20-22-14)16(4,5)19-12(21)10-6-8-11(17)9-7-10/h6-9H,1-5H3,(H,19,21). The fraction of sp³-hybridized carbons (Fsp3) is 0.438. The predicted octanol–water partition coefficient (Wildman–Crippen LogP) is 3.17. The van der Waals surface area contributed by atoms with Gasteiger partial charge in [0.1, 0.15) is 5.82 Å². The molecule has 0 aliphatic rings. The Morgan fingerprint density at radius 2 is 1.73 bits per heavy atom. The summed E-state index contributed by atoms with van der Waals surface area (Å²) in [6.07, 6.45) is 0. The van der Waals surface area contributed by atoms with Crippen molar-refractivity contribution in [1.29, 1.82) is 0 Å². The van der Waals surface area contributed by atoms with Crippen LogP contribution in [0.5, 0.6) is 0 Å². The number of carbonyl (C=O) groups excluding carboxylic acids is 1. The van der Waals surface area contributed by atoms with Crippen molar-refractivity contribution in [3.8, 4) is 0 Å². The van der Waals surface area contributed by atoms with Crippen LogP contribution in [0.2, 0.25) is 0 Å². The van der Waals surface area contributed by atoms with Crippen molar-refractivity contribution in [2.45, 2.75) is 45.6 Å². The Bertz CT molecular complexity index is 669. The summed E-state index contributed by atoms with van der Waals surface area (Å²) in [6.45, 7) is 9.47. The van der Waals surface area contributed by atoms with Crippen LogP contribution in [-0.2, 0) is 11.0 Å². The third-order valence-electron chi connectivity index (χ3n) is 3.16. The number of amides is 1. The third-order valence-corrected chi connectivity index (χ3v) is 3.16. The largest absolute Gasteiger partial charge is 0.340 e. The van der Waals surface area contributed by atoms with Crippen molar-refractivity contribution in [2.24, 2.45) is 0 Å². The molecule has 5 nitrogen and oxygen atoms in total. The average Bonchev–Trinajstić information content (AvgIpc) is 2.89. The van der Waals surface area contributed by atoms with E-state index < -0.39 is 5.54 Å². The monoisotopic (exact) mass is 305 g/mol. The van der Waals surface area contributed by atoms with Gasteiger partial charge in [-0.05, 0) is 38.1 Å². The number of hydrogen-bond acceptors (Lipinski definition) is 4. The molecule has 0 aliphatic carbocycles. The molecule has 118 valence electrons. The third kappa shape index (κ3) is 3.50. The van der Waals surface area contributed by atoms with E-state index in [1.54, 1.807) is 13.8 Å². The van der Waals surface area contributed by atoms with Gasteiger partial charge in [0.2, 0.25) is 5.89 Å². The molecule has 0 unspecified atom stereocenters. The number of carbonyl (C=O) groups is 1. The second-order valence-electron chi connectivity index (χ2n) is 6.76. The van der Waals surface area contributed by atoms with E-state index in [-0.39, 0.29) is 17.1 Å². The molecular formula is C16H20FN3O2. The van der Waals surface area contributed by atoms with Crippen molar-refractivity contribution < 1.29 is 13.7 Å². The Hall–Kier alpha value is -2.24. The molecule has 22 heavy (non-hydrogen) atoms. The lowest BCUT2D eigenvalue weighted by Gasteiger charge is -2.22. The van der Waals surface area contributed by atoms with Gasteiger partial charge in [0.15, 0.2) is 5.82 Å². The van der Waals surface area contributed by atoms with Gasteiger partial charge in [0.25, 0.3) is 5.91 Å². The van der Waals surface area contributed by atoms with Gasteiger partial charge in [-0.2, -0.15) is 4.98 Å². The second-order valence-corrected chi connectivity index (χ2v) is 6.76. The van der Waals surface area contributed by atoms with Gasteiger partial charge in [0.05, 0.1) is 5.54 Å². The molecule has 0 aliphatic heterocycles. The van der Waals surface area contributed by atoms with Crippen molar-refractivity contribution in [2.75, 3.05) is 0 Å². The zero-order chi connectivity index (χ0) is 16.5. The van der Waals surface area contributed by atoms with Crippen LogP contribution >= 0.6 is 0 Å². The van der Waals surface area contributed by atoms with E-state index in [4.69, 9.17) is 4.52 Å². The number of benzene rings is 1. The normalized spacial score (nSPS) is 12.3. The molecule has 2 rings (SSSR count). The Morgan fingerprint density at radius 3 is 2.23 bits per heavy atom. The molecular weight excluding hydrogens is 285 g/mol. The fourth-order valence-electron chi connectivity index (χ4n) is 1.80. The van der Waals surface area contributed by atoms with Crippen LogP contribution in [0.25, 0.3) is 0 Å². The number of nitrogens with one attached hydrogen (secondary N) is 1. The molecule has 2 aromatic rings. The lowest BCUT2D eigenvalue weighted by atomic mass is 9.97. The molecule has 1 amide bonds. The maximum absolute atomic E-state index is 12.9. The van der Waals surface area contributed by atoms with Gasteiger partial charge < -0.3 is 9.84 Å². The number of aromatic nitrogens is 2. The van der Waals surface area contributed by atoms with Crippen LogP contribution in [0.1, 0.15) is 56.7 Å². The van der Waals surface area contributed by atoms with Crippen LogP contribution < -0.4 is 5.32 Å². The molecule has 0 saturated heterocycles. The SMILES string of the molecule is CC(C)(C)c1nc(C(C)(C)NC(=O)c2ccc(F)cc2)no1. The number of nitrogens with zero attached hydrogens (tertiary/aromatic N) is 2. The van der Waals surface area contributed by atoms with Gasteiger partial charge >= 0.3 is 0 Å². The summed E-state index contributed by atoms with van der Waals surface area (Å²) in [5.74, 6) is 0.190. The molecule has 1 aromatic heterocycles. The van der Waals surface area contributed by atoms with E-state index >= 15 is 0 Å². The molecule has 1 N–H and O–H groups in total. The summed E-state index contributed by atoms with van der Waals surface area (Å²) >= 11 is 0. The van der Waals surface area contributed by atoms with E-state index in [9.17, 15) is 9.18 Å². The van der Waals surface area contributed by atoms with Crippen molar-refractivity contribution in [3.05, 3.63) is 47.4 Å². The van der Waals surface area contributed by atoms with Gasteiger partial charge in [-0.1, -0.05) is 25.9 Å². The van der Waals surface area contributed by atoms with E-state index in [1.165, 1.54) is 24.3 Å². The van der Waals surface area contributed by atoms with Crippen LogP contribution in [0.3, 0.4) is 0 Å². The van der Waals surface area contributed by atoms with Crippen LogP contribution in [-0.4, -0.2) is 16.0 Å². The Balaban J connectivity index is 2.18. The molecule has 0 bridgehead atoms. The predicted molar refractivity (Wildman–Crippen MR) is 79.9 cm³/mol. The van der Waals surface area contributed by atoms with E-state index in [2.05, 4.69) is 15.5 Å². The number of rotatable bonds is 3. The Kier molecular flexibility index (Phi) is 4.04. The Morgan fingerprint density at radius 1 is 1.14 bits per heavy atom. The highest BCUT2D eigenvalue weighted by Crippen LogP contribution is 2.24. The highest BCUT2D eigenvalue weighted by atomic mass is 19.1. The molecule has 0 fully saturated rings. The molecule has 0 saturated carbocycles. The van der Waals surface area contributed by atoms with Crippen LogP contribution in [0.15, 0.2) is 28.8 Å². The minimum absolute atomic E-state index is 0.262. The maximum atomic E-state index is 12.9. The molecule has 0 spiro atoms. The van der Waals surface area contributed by atoms with Gasteiger partial charge in [-0.15, -0.1) is 0 Å².